The number of nitrogens with zero attached hydrogens (tertiary/aromatic N) is 3. The van der Waals surface area contributed by atoms with Gasteiger partial charge in [-0.1, -0.05) is 0 Å². The molecule has 2 aliphatic rings. The second kappa shape index (κ2) is 4.57. The predicted octanol–water partition coefficient (Wildman–Crippen LogP) is 0.0137. The Bertz CT molecular complexity index is 274. The fraction of sp³-hybridized carbons (Fsp3) is 0.889. The quantitative estimate of drug-likeness (QED) is 0.487. The molecule has 1 atom stereocenters. The summed E-state index contributed by atoms with van der Waals surface area (Å²) in [5, 5.41) is 10.4. The SMILES string of the molecule is O=[N+]([O-])CC1=NCCN1CC1CCOC1. The van der Waals surface area contributed by atoms with Gasteiger partial charge < -0.3 is 9.64 Å². The first kappa shape index (κ1) is 10.4. The van der Waals surface area contributed by atoms with Crippen LogP contribution in [0.3, 0.4) is 0 Å². The van der Waals surface area contributed by atoms with Crippen LogP contribution in [0.5, 0.6) is 0 Å². The maximum atomic E-state index is 10.4. The van der Waals surface area contributed by atoms with Crippen LogP contribution in [0.25, 0.3) is 0 Å². The third-order valence-electron chi connectivity index (χ3n) is 2.80. The summed E-state index contributed by atoms with van der Waals surface area (Å²) in [4.78, 5) is 16.3. The molecule has 2 aliphatic heterocycles. The Labute approximate surface area is 88.1 Å². The lowest BCUT2D eigenvalue weighted by Crippen LogP contribution is -2.36. The molecule has 0 bridgehead atoms. The van der Waals surface area contributed by atoms with E-state index in [0.717, 1.165) is 32.7 Å². The molecule has 1 unspecified atom stereocenters. The lowest BCUT2D eigenvalue weighted by atomic mass is 10.1. The minimum Gasteiger partial charge on any atom is -0.381 e. The molecule has 0 radical (unpaired) electrons. The molecule has 6 heteroatoms. The molecule has 0 amide bonds. The van der Waals surface area contributed by atoms with E-state index >= 15 is 0 Å². The molecular formula is C9H15N3O3. The molecule has 0 aromatic rings. The first-order valence-corrected chi connectivity index (χ1v) is 5.23. The van der Waals surface area contributed by atoms with E-state index in [1.165, 1.54) is 0 Å². The van der Waals surface area contributed by atoms with Crippen molar-refractivity contribution >= 4 is 5.84 Å². The molecule has 2 rings (SSSR count). The number of amidine groups is 1. The highest BCUT2D eigenvalue weighted by atomic mass is 16.6. The van der Waals surface area contributed by atoms with Gasteiger partial charge in [-0.3, -0.25) is 15.1 Å². The smallest absolute Gasteiger partial charge is 0.260 e. The number of hydrogen-bond acceptors (Lipinski definition) is 5. The molecule has 84 valence electrons. The molecule has 2 heterocycles. The van der Waals surface area contributed by atoms with Crippen LogP contribution in [0.2, 0.25) is 0 Å². The molecule has 0 N–H and O–H groups in total. The minimum atomic E-state index is -0.317. The van der Waals surface area contributed by atoms with Gasteiger partial charge in [0.15, 0.2) is 5.84 Å². The van der Waals surface area contributed by atoms with Gasteiger partial charge in [-0.05, 0) is 6.42 Å². The molecule has 0 aliphatic carbocycles. The van der Waals surface area contributed by atoms with Gasteiger partial charge >= 0.3 is 0 Å². The van der Waals surface area contributed by atoms with Crippen molar-refractivity contribution in [2.24, 2.45) is 10.9 Å². The van der Waals surface area contributed by atoms with Crippen molar-refractivity contribution in [2.75, 3.05) is 39.4 Å². The highest BCUT2D eigenvalue weighted by Gasteiger charge is 2.25. The van der Waals surface area contributed by atoms with Crippen LogP contribution in [-0.2, 0) is 4.74 Å². The van der Waals surface area contributed by atoms with Crippen LogP contribution in [0.4, 0.5) is 0 Å². The summed E-state index contributed by atoms with van der Waals surface area (Å²) in [7, 11) is 0. The topological polar surface area (TPSA) is 68.0 Å². The van der Waals surface area contributed by atoms with Crippen molar-refractivity contribution in [3.63, 3.8) is 0 Å². The van der Waals surface area contributed by atoms with E-state index < -0.39 is 0 Å². The van der Waals surface area contributed by atoms with Gasteiger partial charge in [0.1, 0.15) is 0 Å². The minimum absolute atomic E-state index is 0.145. The summed E-state index contributed by atoms with van der Waals surface area (Å²) in [6, 6.07) is 0. The summed E-state index contributed by atoms with van der Waals surface area (Å²) in [5.74, 6) is 1.15. The summed E-state index contributed by atoms with van der Waals surface area (Å²) < 4.78 is 5.28. The highest BCUT2D eigenvalue weighted by molar-refractivity contribution is 5.84. The van der Waals surface area contributed by atoms with Gasteiger partial charge in [0, 0.05) is 30.5 Å². The Kier molecular flexibility index (Phi) is 3.15. The van der Waals surface area contributed by atoms with Crippen LogP contribution < -0.4 is 0 Å². The molecule has 15 heavy (non-hydrogen) atoms. The number of rotatable bonds is 4. The van der Waals surface area contributed by atoms with E-state index in [-0.39, 0.29) is 11.5 Å². The number of hydrogen-bond donors (Lipinski definition) is 0. The third-order valence-corrected chi connectivity index (χ3v) is 2.80. The Balaban J connectivity index is 1.85. The van der Waals surface area contributed by atoms with Crippen LogP contribution in [-0.4, -0.2) is 55.1 Å². The number of ether oxygens (including phenoxy) is 1. The van der Waals surface area contributed by atoms with Crippen LogP contribution in [0, 0.1) is 16.0 Å². The van der Waals surface area contributed by atoms with Gasteiger partial charge in [0.05, 0.1) is 13.2 Å². The van der Waals surface area contributed by atoms with Crippen molar-refractivity contribution in [1.82, 2.24) is 4.90 Å². The van der Waals surface area contributed by atoms with E-state index in [0.29, 0.717) is 18.3 Å². The zero-order valence-corrected chi connectivity index (χ0v) is 8.59. The third kappa shape index (κ3) is 2.65. The Hall–Kier alpha value is -1.17. The lowest BCUT2D eigenvalue weighted by Gasteiger charge is -2.21. The van der Waals surface area contributed by atoms with Crippen molar-refractivity contribution in [3.05, 3.63) is 10.1 Å². The molecule has 0 aromatic carbocycles. The Morgan fingerprint density at radius 1 is 1.67 bits per heavy atom. The van der Waals surface area contributed by atoms with Crippen molar-refractivity contribution in [2.45, 2.75) is 6.42 Å². The van der Waals surface area contributed by atoms with E-state index in [2.05, 4.69) is 4.99 Å². The zero-order valence-electron chi connectivity index (χ0n) is 8.59. The average molecular weight is 213 g/mol. The van der Waals surface area contributed by atoms with Crippen LogP contribution in [0.1, 0.15) is 6.42 Å². The van der Waals surface area contributed by atoms with Gasteiger partial charge in [-0.2, -0.15) is 0 Å². The van der Waals surface area contributed by atoms with Crippen molar-refractivity contribution in [3.8, 4) is 0 Å². The van der Waals surface area contributed by atoms with E-state index in [9.17, 15) is 10.1 Å². The van der Waals surface area contributed by atoms with Crippen molar-refractivity contribution in [1.29, 1.82) is 0 Å². The molecule has 0 aromatic heterocycles. The summed E-state index contributed by atoms with van der Waals surface area (Å²) in [6.45, 7) is 3.82. The normalized spacial score (nSPS) is 25.7. The molecule has 0 spiro atoms. The largest absolute Gasteiger partial charge is 0.381 e. The molecule has 0 saturated carbocycles. The summed E-state index contributed by atoms with van der Waals surface area (Å²) in [5.41, 5.74) is 0. The molecule has 1 fully saturated rings. The van der Waals surface area contributed by atoms with E-state index in [1.54, 1.807) is 0 Å². The van der Waals surface area contributed by atoms with E-state index in [1.807, 2.05) is 4.90 Å². The monoisotopic (exact) mass is 213 g/mol. The highest BCUT2D eigenvalue weighted by Crippen LogP contribution is 2.15. The number of nitro groups is 1. The van der Waals surface area contributed by atoms with Crippen LogP contribution >= 0.6 is 0 Å². The Morgan fingerprint density at radius 3 is 3.20 bits per heavy atom. The van der Waals surface area contributed by atoms with Gasteiger partial charge in [0.2, 0.25) is 0 Å². The summed E-state index contributed by atoms with van der Waals surface area (Å²) in [6.07, 6.45) is 1.06. The summed E-state index contributed by atoms with van der Waals surface area (Å²) >= 11 is 0. The molecule has 6 nitrogen and oxygen atoms in total. The lowest BCUT2D eigenvalue weighted by molar-refractivity contribution is -0.464. The first-order chi connectivity index (χ1) is 7.25. The average Bonchev–Trinajstić information content (AvgIpc) is 2.78. The van der Waals surface area contributed by atoms with Gasteiger partial charge in [-0.25, -0.2) is 0 Å². The fourth-order valence-corrected chi connectivity index (χ4v) is 2.03. The Morgan fingerprint density at radius 2 is 2.53 bits per heavy atom. The number of aliphatic imine (C=N–C) groups is 1. The maximum absolute atomic E-state index is 10.4. The van der Waals surface area contributed by atoms with Crippen LogP contribution in [0.15, 0.2) is 4.99 Å². The zero-order chi connectivity index (χ0) is 10.7. The molecular weight excluding hydrogens is 198 g/mol. The predicted molar refractivity (Wildman–Crippen MR) is 54.7 cm³/mol. The molecule has 1 saturated heterocycles. The maximum Gasteiger partial charge on any atom is 0.260 e. The second-order valence-corrected chi connectivity index (χ2v) is 3.96. The second-order valence-electron chi connectivity index (χ2n) is 3.96. The van der Waals surface area contributed by atoms with Gasteiger partial charge in [0.25, 0.3) is 6.54 Å². The van der Waals surface area contributed by atoms with Gasteiger partial charge in [-0.15, -0.1) is 0 Å². The fourth-order valence-electron chi connectivity index (χ4n) is 2.03. The van der Waals surface area contributed by atoms with E-state index in [4.69, 9.17) is 4.74 Å². The van der Waals surface area contributed by atoms with Crippen molar-refractivity contribution < 1.29 is 9.66 Å². The first-order valence-electron chi connectivity index (χ1n) is 5.23. The standard InChI is InChI=1S/C9H15N3O3/c13-12(14)6-9-10-2-3-11(9)5-8-1-4-15-7-8/h8H,1-7H2.